The Bertz CT molecular complexity index is 3120. The number of fused-ring (bicyclic) bond motifs is 14. The van der Waals surface area contributed by atoms with E-state index in [-0.39, 0.29) is 0 Å². The Morgan fingerprint density at radius 1 is 0.604 bits per heavy atom. The molecule has 10 aromatic rings. The van der Waals surface area contributed by atoms with E-state index in [2.05, 4.69) is 139 Å². The number of para-hydroxylation sites is 1. The van der Waals surface area contributed by atoms with E-state index in [1.165, 1.54) is 78.8 Å². The molecule has 0 bridgehead atoms. The summed E-state index contributed by atoms with van der Waals surface area (Å²) in [5.74, 6) is 2.18. The van der Waals surface area contributed by atoms with E-state index in [0.29, 0.717) is 5.92 Å². The van der Waals surface area contributed by atoms with Gasteiger partial charge in [-0.15, -0.1) is 22.7 Å². The van der Waals surface area contributed by atoms with Crippen molar-refractivity contribution in [1.29, 1.82) is 0 Å². The highest BCUT2D eigenvalue weighted by atomic mass is 32.1. The van der Waals surface area contributed by atoms with Crippen molar-refractivity contribution < 1.29 is 0 Å². The molecule has 1 aliphatic carbocycles. The molecule has 11 rings (SSSR count). The molecule has 5 heteroatoms. The van der Waals surface area contributed by atoms with Crippen LogP contribution in [0.2, 0.25) is 0 Å². The lowest BCUT2D eigenvalue weighted by molar-refractivity contribution is 0.778. The van der Waals surface area contributed by atoms with Gasteiger partial charge in [0.1, 0.15) is 0 Å². The molecule has 0 fully saturated rings. The highest BCUT2D eigenvalue weighted by molar-refractivity contribution is 7.27. The van der Waals surface area contributed by atoms with Crippen LogP contribution in [0.5, 0.6) is 0 Å². The first kappa shape index (κ1) is 26.7. The maximum absolute atomic E-state index is 5.65. The molecule has 1 atom stereocenters. The van der Waals surface area contributed by atoms with Crippen LogP contribution in [0.25, 0.3) is 90.5 Å². The van der Waals surface area contributed by atoms with Crippen molar-refractivity contribution in [2.75, 3.05) is 0 Å². The topological polar surface area (TPSA) is 30.7 Å². The van der Waals surface area contributed by atoms with E-state index in [1.807, 2.05) is 11.3 Å². The van der Waals surface area contributed by atoms with Crippen LogP contribution >= 0.6 is 22.7 Å². The lowest BCUT2D eigenvalue weighted by atomic mass is 9.92. The van der Waals surface area contributed by atoms with Crippen LogP contribution < -0.4 is 10.4 Å². The summed E-state index contributed by atoms with van der Waals surface area (Å²) in [5, 5.41) is 11.4. The monoisotopic (exact) mass is 649 g/mol. The fourth-order valence-corrected chi connectivity index (χ4v) is 10.5. The van der Waals surface area contributed by atoms with Crippen LogP contribution in [-0.4, -0.2) is 14.5 Å². The number of nitrogens with zero attached hydrogens (tertiary/aromatic N) is 3. The average molecular weight is 650 g/mol. The van der Waals surface area contributed by atoms with Gasteiger partial charge >= 0.3 is 0 Å². The summed E-state index contributed by atoms with van der Waals surface area (Å²) in [6.07, 6.45) is 3.29. The molecule has 0 radical (unpaired) electrons. The van der Waals surface area contributed by atoms with Crippen molar-refractivity contribution in [3.05, 3.63) is 138 Å². The van der Waals surface area contributed by atoms with Crippen molar-refractivity contribution in [3.8, 4) is 5.82 Å². The lowest BCUT2D eigenvalue weighted by Gasteiger charge is -2.17. The predicted molar refractivity (Wildman–Crippen MR) is 206 cm³/mol. The summed E-state index contributed by atoms with van der Waals surface area (Å²) >= 11 is 3.70. The standard InChI is InChI=1S/C43H27N3S2/c1-24-22-25-12-2-3-13-26(25)32(23-24)42-44-38-31-18-8-11-21-35(31)48-41(38)43(45-42)46-33-19-9-6-16-29(33)36-37-30-17-7-10-20-34(30)47-40(37)28-15-5-4-14-27(28)39(36)46/h2-22,24H,23H2,1H3. The number of aromatic nitrogens is 3. The van der Waals surface area contributed by atoms with Gasteiger partial charge in [0.05, 0.1) is 21.3 Å². The van der Waals surface area contributed by atoms with Gasteiger partial charge in [-0.25, -0.2) is 9.97 Å². The van der Waals surface area contributed by atoms with Crippen molar-refractivity contribution in [1.82, 2.24) is 14.5 Å². The zero-order valence-electron chi connectivity index (χ0n) is 26.1. The number of hydrogen-bond acceptors (Lipinski definition) is 4. The Hall–Kier alpha value is -5.36. The van der Waals surface area contributed by atoms with Gasteiger partial charge in [0, 0.05) is 57.4 Å². The summed E-state index contributed by atoms with van der Waals surface area (Å²) in [7, 11) is 0. The van der Waals surface area contributed by atoms with Gasteiger partial charge in [-0.05, 0) is 41.0 Å². The summed E-state index contributed by atoms with van der Waals surface area (Å²) < 4.78 is 7.47. The van der Waals surface area contributed by atoms with Gasteiger partial charge in [0.25, 0.3) is 0 Å². The molecule has 6 aromatic carbocycles. The maximum atomic E-state index is 5.65. The summed E-state index contributed by atoms with van der Waals surface area (Å²) in [6.45, 7) is 2.30. The maximum Gasteiger partial charge on any atom is 0.159 e. The van der Waals surface area contributed by atoms with Crippen LogP contribution in [0.1, 0.15) is 19.2 Å². The molecule has 0 saturated heterocycles. The minimum atomic E-state index is 0.397. The summed E-state index contributed by atoms with van der Waals surface area (Å²) in [6, 6.07) is 44.1. The van der Waals surface area contributed by atoms with Crippen molar-refractivity contribution in [2.24, 2.45) is 5.92 Å². The number of thiophene rings is 2. The molecule has 4 aromatic heterocycles. The first-order valence-corrected chi connectivity index (χ1v) is 18.1. The largest absolute Gasteiger partial charge is 0.292 e. The zero-order chi connectivity index (χ0) is 31.5. The van der Waals surface area contributed by atoms with E-state index in [4.69, 9.17) is 9.97 Å². The van der Waals surface area contributed by atoms with Gasteiger partial charge in [-0.3, -0.25) is 4.57 Å². The second-order valence-corrected chi connectivity index (χ2v) is 15.1. The Morgan fingerprint density at radius 2 is 1.25 bits per heavy atom. The van der Waals surface area contributed by atoms with Crippen LogP contribution in [0.4, 0.5) is 0 Å². The third-order valence-corrected chi connectivity index (χ3v) is 12.5. The van der Waals surface area contributed by atoms with E-state index >= 15 is 0 Å². The minimum absolute atomic E-state index is 0.397. The molecule has 0 spiro atoms. The molecule has 3 nitrogen and oxygen atoms in total. The highest BCUT2D eigenvalue weighted by Crippen LogP contribution is 2.49. The molecule has 0 aliphatic heterocycles. The van der Waals surface area contributed by atoms with E-state index in [9.17, 15) is 0 Å². The molecule has 0 amide bonds. The SMILES string of the molecule is CC1C=c2ccccc2=C(c2nc(-n3c4ccccc4c4c5c6ccccc6sc5c5ccccc5c43)c3sc4ccccc4c3n2)C1. The highest BCUT2D eigenvalue weighted by Gasteiger charge is 2.26. The molecule has 226 valence electrons. The minimum Gasteiger partial charge on any atom is -0.292 e. The molecule has 1 unspecified atom stereocenters. The van der Waals surface area contributed by atoms with E-state index in [1.54, 1.807) is 11.3 Å². The van der Waals surface area contributed by atoms with E-state index < -0.39 is 0 Å². The summed E-state index contributed by atoms with van der Waals surface area (Å²) in [4.78, 5) is 11.1. The first-order valence-electron chi connectivity index (χ1n) is 16.5. The molecule has 48 heavy (non-hydrogen) atoms. The number of hydrogen-bond donors (Lipinski definition) is 0. The summed E-state index contributed by atoms with van der Waals surface area (Å²) in [5.41, 5.74) is 4.62. The van der Waals surface area contributed by atoms with Crippen molar-refractivity contribution in [3.63, 3.8) is 0 Å². The van der Waals surface area contributed by atoms with Crippen LogP contribution in [0.15, 0.2) is 121 Å². The van der Waals surface area contributed by atoms with Crippen LogP contribution in [-0.2, 0) is 0 Å². The van der Waals surface area contributed by atoms with Crippen LogP contribution in [0.3, 0.4) is 0 Å². The Labute approximate surface area is 283 Å². The smallest absolute Gasteiger partial charge is 0.159 e. The van der Waals surface area contributed by atoms with Crippen molar-refractivity contribution in [2.45, 2.75) is 13.3 Å². The van der Waals surface area contributed by atoms with Gasteiger partial charge in [-0.2, -0.15) is 0 Å². The Balaban J connectivity index is 1.39. The Morgan fingerprint density at radius 3 is 2.10 bits per heavy atom. The second kappa shape index (κ2) is 9.83. The fourth-order valence-electron chi connectivity index (χ4n) is 8.13. The quantitative estimate of drug-likeness (QED) is 0.187. The van der Waals surface area contributed by atoms with Gasteiger partial charge in [0.2, 0.25) is 0 Å². The van der Waals surface area contributed by atoms with Gasteiger partial charge in [0.15, 0.2) is 11.6 Å². The van der Waals surface area contributed by atoms with Gasteiger partial charge < -0.3 is 0 Å². The van der Waals surface area contributed by atoms with E-state index in [0.717, 1.165) is 28.3 Å². The zero-order valence-corrected chi connectivity index (χ0v) is 27.7. The van der Waals surface area contributed by atoms with Crippen molar-refractivity contribution >= 4 is 107 Å². The molecular weight excluding hydrogens is 623 g/mol. The third-order valence-electron chi connectivity index (χ3n) is 10.1. The van der Waals surface area contributed by atoms with Gasteiger partial charge in [-0.1, -0.05) is 116 Å². The number of rotatable bonds is 2. The Kier molecular flexibility index (Phi) is 5.46. The first-order chi connectivity index (χ1) is 23.7. The normalized spacial score (nSPS) is 15.0. The predicted octanol–water partition coefficient (Wildman–Crippen LogP) is 10.5. The second-order valence-electron chi connectivity index (χ2n) is 13.0. The molecule has 4 heterocycles. The lowest BCUT2D eigenvalue weighted by Crippen LogP contribution is -2.32. The number of benzene rings is 6. The molecule has 0 saturated carbocycles. The fraction of sp³-hybridized carbons (Fsp3) is 0.0698. The van der Waals surface area contributed by atoms with Crippen LogP contribution in [0, 0.1) is 5.92 Å². The molecular formula is C43H27N3S2. The third kappa shape index (κ3) is 3.58. The average Bonchev–Trinajstić information content (AvgIpc) is 3.81. The molecule has 1 aliphatic rings. The molecule has 0 N–H and O–H groups in total.